The van der Waals surface area contributed by atoms with Gasteiger partial charge in [0.2, 0.25) is 5.91 Å². The first-order valence-corrected chi connectivity index (χ1v) is 6.32. The number of likely N-dealkylation sites (N-methyl/N-ethyl adjacent to an activating group) is 1. The van der Waals surface area contributed by atoms with Crippen molar-refractivity contribution >= 4 is 5.91 Å². The number of rotatable bonds is 7. The average molecular weight is 250 g/mol. The Morgan fingerprint density at radius 1 is 1.22 bits per heavy atom. The maximum Gasteiger partial charge on any atom is 0.236 e. The Hall–Kier alpha value is -1.55. The molecule has 0 aromatic heterocycles. The monoisotopic (exact) mass is 250 g/mol. The molecule has 0 saturated heterocycles. The van der Waals surface area contributed by atoms with E-state index in [9.17, 15) is 4.79 Å². The van der Waals surface area contributed by atoms with Gasteiger partial charge in [-0.3, -0.25) is 4.79 Å². The molecule has 0 atom stereocenters. The van der Waals surface area contributed by atoms with Crippen LogP contribution in [-0.2, 0) is 11.3 Å². The van der Waals surface area contributed by atoms with Crippen LogP contribution in [0.15, 0.2) is 24.3 Å². The molecule has 0 aliphatic carbocycles. The summed E-state index contributed by atoms with van der Waals surface area (Å²) in [4.78, 5) is 13.6. The van der Waals surface area contributed by atoms with Crippen molar-refractivity contribution in [1.29, 1.82) is 0 Å². The van der Waals surface area contributed by atoms with Crippen molar-refractivity contribution in [3.63, 3.8) is 0 Å². The van der Waals surface area contributed by atoms with Gasteiger partial charge in [-0.1, -0.05) is 12.1 Å². The molecule has 0 unspecified atom stereocenters. The molecule has 100 valence electrons. The highest BCUT2D eigenvalue weighted by molar-refractivity contribution is 5.78. The third-order valence-electron chi connectivity index (χ3n) is 2.88. The molecule has 0 bridgehead atoms. The van der Waals surface area contributed by atoms with Gasteiger partial charge in [0.1, 0.15) is 5.75 Å². The van der Waals surface area contributed by atoms with Crippen molar-refractivity contribution < 1.29 is 9.53 Å². The van der Waals surface area contributed by atoms with Gasteiger partial charge in [-0.05, 0) is 31.5 Å². The van der Waals surface area contributed by atoms with Crippen molar-refractivity contribution in [2.75, 3.05) is 26.7 Å². The minimum Gasteiger partial charge on any atom is -0.497 e. The maximum atomic E-state index is 11.7. The fourth-order valence-corrected chi connectivity index (χ4v) is 1.75. The number of hydrogen-bond acceptors (Lipinski definition) is 3. The number of methoxy groups -OCH3 is 1. The first kappa shape index (κ1) is 14.5. The highest BCUT2D eigenvalue weighted by atomic mass is 16.5. The number of hydrogen-bond donors (Lipinski definition) is 1. The Kier molecular flexibility index (Phi) is 6.22. The number of nitrogens with zero attached hydrogens (tertiary/aromatic N) is 1. The van der Waals surface area contributed by atoms with Crippen molar-refractivity contribution in [2.24, 2.45) is 0 Å². The molecule has 0 aliphatic heterocycles. The zero-order valence-corrected chi connectivity index (χ0v) is 11.4. The standard InChI is InChI=1S/C14H22N2O2/c1-4-16(5-2)14(17)11-15-10-12-6-8-13(18-3)9-7-12/h6-9,15H,4-5,10-11H2,1-3H3. The number of amides is 1. The molecule has 18 heavy (non-hydrogen) atoms. The number of carbonyl (C=O) groups is 1. The van der Waals surface area contributed by atoms with Gasteiger partial charge in [0, 0.05) is 19.6 Å². The third kappa shape index (κ3) is 4.37. The fraction of sp³-hybridized carbons (Fsp3) is 0.500. The fourth-order valence-electron chi connectivity index (χ4n) is 1.75. The summed E-state index contributed by atoms with van der Waals surface area (Å²) in [6.07, 6.45) is 0. The molecule has 0 spiro atoms. The van der Waals surface area contributed by atoms with Gasteiger partial charge in [-0.15, -0.1) is 0 Å². The maximum absolute atomic E-state index is 11.7. The van der Waals surface area contributed by atoms with E-state index in [4.69, 9.17) is 4.74 Å². The largest absolute Gasteiger partial charge is 0.497 e. The zero-order chi connectivity index (χ0) is 13.4. The Morgan fingerprint density at radius 3 is 2.33 bits per heavy atom. The number of benzene rings is 1. The first-order chi connectivity index (χ1) is 8.71. The SMILES string of the molecule is CCN(CC)C(=O)CNCc1ccc(OC)cc1. The summed E-state index contributed by atoms with van der Waals surface area (Å²) in [6.45, 7) is 6.58. The summed E-state index contributed by atoms with van der Waals surface area (Å²) in [6, 6.07) is 7.83. The van der Waals surface area contributed by atoms with E-state index in [2.05, 4.69) is 5.32 Å². The van der Waals surface area contributed by atoms with Crippen LogP contribution >= 0.6 is 0 Å². The van der Waals surface area contributed by atoms with E-state index in [1.165, 1.54) is 0 Å². The van der Waals surface area contributed by atoms with Crippen LogP contribution < -0.4 is 10.1 Å². The van der Waals surface area contributed by atoms with E-state index in [0.717, 1.165) is 24.4 Å². The predicted molar refractivity (Wildman–Crippen MR) is 72.6 cm³/mol. The lowest BCUT2D eigenvalue weighted by Crippen LogP contribution is -2.37. The number of ether oxygens (including phenoxy) is 1. The minimum atomic E-state index is 0.147. The van der Waals surface area contributed by atoms with Gasteiger partial charge >= 0.3 is 0 Å². The molecule has 0 aliphatic rings. The molecule has 1 N–H and O–H groups in total. The van der Waals surface area contributed by atoms with Crippen molar-refractivity contribution in [2.45, 2.75) is 20.4 Å². The molecule has 1 amide bonds. The van der Waals surface area contributed by atoms with E-state index in [1.807, 2.05) is 43.0 Å². The number of carbonyl (C=O) groups excluding carboxylic acids is 1. The Balaban J connectivity index is 2.34. The molecule has 1 rings (SSSR count). The Bertz CT molecular complexity index is 359. The van der Waals surface area contributed by atoms with Crippen LogP contribution in [0.5, 0.6) is 5.75 Å². The quantitative estimate of drug-likeness (QED) is 0.800. The summed E-state index contributed by atoms with van der Waals surface area (Å²) < 4.78 is 5.09. The van der Waals surface area contributed by atoms with Crippen molar-refractivity contribution in [3.05, 3.63) is 29.8 Å². The molecule has 4 heteroatoms. The Labute approximate surface area is 109 Å². The molecule has 1 aromatic rings. The highest BCUT2D eigenvalue weighted by Gasteiger charge is 2.08. The summed E-state index contributed by atoms with van der Waals surface area (Å²) in [5, 5.41) is 3.16. The lowest BCUT2D eigenvalue weighted by molar-refractivity contribution is -0.129. The van der Waals surface area contributed by atoms with Gasteiger partial charge in [-0.25, -0.2) is 0 Å². The minimum absolute atomic E-state index is 0.147. The molecule has 1 aromatic carbocycles. The second-order valence-electron chi connectivity index (χ2n) is 4.02. The molecular weight excluding hydrogens is 228 g/mol. The topological polar surface area (TPSA) is 41.6 Å². The zero-order valence-electron chi connectivity index (χ0n) is 11.4. The van der Waals surface area contributed by atoms with Crippen LogP contribution in [0, 0.1) is 0 Å². The number of nitrogens with one attached hydrogen (secondary N) is 1. The summed E-state index contributed by atoms with van der Waals surface area (Å²) in [5.41, 5.74) is 1.14. The van der Waals surface area contributed by atoms with Crippen LogP contribution in [0.4, 0.5) is 0 Å². The van der Waals surface area contributed by atoms with Gasteiger partial charge in [0.25, 0.3) is 0 Å². The van der Waals surface area contributed by atoms with Crippen molar-refractivity contribution in [1.82, 2.24) is 10.2 Å². The smallest absolute Gasteiger partial charge is 0.236 e. The molecule has 4 nitrogen and oxygen atoms in total. The van der Waals surface area contributed by atoms with Gasteiger partial charge < -0.3 is 15.0 Å². The van der Waals surface area contributed by atoms with Crippen LogP contribution in [0.3, 0.4) is 0 Å². The molecule has 0 heterocycles. The van der Waals surface area contributed by atoms with E-state index >= 15 is 0 Å². The van der Waals surface area contributed by atoms with Gasteiger partial charge in [-0.2, -0.15) is 0 Å². The van der Waals surface area contributed by atoms with Crippen LogP contribution in [0.25, 0.3) is 0 Å². The van der Waals surface area contributed by atoms with E-state index < -0.39 is 0 Å². The molecule has 0 radical (unpaired) electrons. The predicted octanol–water partition coefficient (Wildman–Crippen LogP) is 1.65. The molecule has 0 saturated carbocycles. The van der Waals surface area contributed by atoms with Crippen molar-refractivity contribution in [3.8, 4) is 5.75 Å². The second kappa shape index (κ2) is 7.71. The van der Waals surface area contributed by atoms with Crippen LogP contribution in [0.1, 0.15) is 19.4 Å². The lowest BCUT2D eigenvalue weighted by atomic mass is 10.2. The Morgan fingerprint density at radius 2 is 1.83 bits per heavy atom. The highest BCUT2D eigenvalue weighted by Crippen LogP contribution is 2.10. The second-order valence-corrected chi connectivity index (χ2v) is 4.02. The van der Waals surface area contributed by atoms with Crippen LogP contribution in [0.2, 0.25) is 0 Å². The van der Waals surface area contributed by atoms with Gasteiger partial charge in [0.05, 0.1) is 13.7 Å². The molecular formula is C14H22N2O2. The summed E-state index contributed by atoms with van der Waals surface area (Å²) >= 11 is 0. The van der Waals surface area contributed by atoms with E-state index in [-0.39, 0.29) is 5.91 Å². The average Bonchev–Trinajstić information content (AvgIpc) is 2.41. The third-order valence-corrected chi connectivity index (χ3v) is 2.88. The summed E-state index contributed by atoms with van der Waals surface area (Å²) in [7, 11) is 1.65. The summed E-state index contributed by atoms with van der Waals surface area (Å²) in [5.74, 6) is 0.992. The van der Waals surface area contributed by atoms with E-state index in [0.29, 0.717) is 13.1 Å². The lowest BCUT2D eigenvalue weighted by Gasteiger charge is -2.18. The normalized spacial score (nSPS) is 10.2. The first-order valence-electron chi connectivity index (χ1n) is 6.32. The van der Waals surface area contributed by atoms with Crippen LogP contribution in [-0.4, -0.2) is 37.6 Å². The molecule has 0 fully saturated rings. The van der Waals surface area contributed by atoms with Gasteiger partial charge in [0.15, 0.2) is 0 Å². The van der Waals surface area contributed by atoms with E-state index in [1.54, 1.807) is 7.11 Å².